The van der Waals surface area contributed by atoms with Crippen LogP contribution in [0.4, 0.5) is 14.5 Å². The third-order valence-corrected chi connectivity index (χ3v) is 6.07. The third-order valence-electron chi connectivity index (χ3n) is 3.85. The molecule has 162 valence electrons. The number of anilines is 1. The van der Waals surface area contributed by atoms with E-state index in [0.717, 1.165) is 12.5 Å². The van der Waals surface area contributed by atoms with Crippen LogP contribution >= 0.6 is 27.7 Å². The number of esters is 1. The van der Waals surface area contributed by atoms with Gasteiger partial charge in [0.1, 0.15) is 22.5 Å². The third kappa shape index (κ3) is 7.09. The van der Waals surface area contributed by atoms with Crippen LogP contribution in [0.5, 0.6) is 0 Å². The van der Waals surface area contributed by atoms with E-state index in [1.807, 2.05) is 6.92 Å². The second kappa shape index (κ2) is 10.4. The Morgan fingerprint density at radius 3 is 2.50 bits per heavy atom. The van der Waals surface area contributed by atoms with Crippen molar-refractivity contribution in [2.75, 3.05) is 5.32 Å². The number of ether oxygens (including phenoxy) is 1. The first-order chi connectivity index (χ1) is 14.0. The number of nitrogens with one attached hydrogen (secondary N) is 1. The van der Waals surface area contributed by atoms with E-state index in [9.17, 15) is 18.4 Å². The summed E-state index contributed by atoms with van der Waals surface area (Å²) in [7, 11) is 0. The summed E-state index contributed by atoms with van der Waals surface area (Å²) in [5.74, 6) is -2.20. The molecule has 0 spiro atoms. The van der Waals surface area contributed by atoms with Crippen molar-refractivity contribution < 1.29 is 23.1 Å². The lowest BCUT2D eigenvalue weighted by Gasteiger charge is -2.24. The van der Waals surface area contributed by atoms with Crippen LogP contribution in [0.15, 0.2) is 45.8 Å². The molecule has 0 aliphatic rings. The van der Waals surface area contributed by atoms with Crippen molar-refractivity contribution in [3.05, 3.63) is 58.1 Å². The van der Waals surface area contributed by atoms with Crippen LogP contribution in [0.25, 0.3) is 0 Å². The van der Waals surface area contributed by atoms with Gasteiger partial charge in [-0.05, 0) is 73.5 Å². The fourth-order valence-electron chi connectivity index (χ4n) is 2.55. The van der Waals surface area contributed by atoms with Gasteiger partial charge in [-0.2, -0.15) is 0 Å². The SMILES string of the molecule is CCCC(Sc1cc(NC(=O)c2cccc(F)c2)c(F)cc1Br)C(=O)OC(C)(C)C. The summed E-state index contributed by atoms with van der Waals surface area (Å²) in [6.45, 7) is 7.35. The molecule has 1 unspecified atom stereocenters. The Balaban J connectivity index is 2.26. The molecular formula is C22H24BrF2NO3S. The van der Waals surface area contributed by atoms with Crippen LogP contribution < -0.4 is 5.32 Å². The minimum atomic E-state index is -0.653. The lowest BCUT2D eigenvalue weighted by atomic mass is 10.2. The van der Waals surface area contributed by atoms with Crippen LogP contribution in [0.3, 0.4) is 0 Å². The molecule has 2 aromatic carbocycles. The summed E-state index contributed by atoms with van der Waals surface area (Å²) in [5.41, 5.74) is -0.605. The van der Waals surface area contributed by atoms with Gasteiger partial charge < -0.3 is 10.1 Å². The first kappa shape index (κ1) is 24.3. The number of thioether (sulfide) groups is 1. The number of halogens is 3. The molecule has 0 radical (unpaired) electrons. The Hall–Kier alpha value is -1.93. The van der Waals surface area contributed by atoms with Gasteiger partial charge in [0.05, 0.1) is 5.69 Å². The highest BCUT2D eigenvalue weighted by atomic mass is 79.9. The molecule has 0 heterocycles. The van der Waals surface area contributed by atoms with Crippen molar-refractivity contribution in [2.24, 2.45) is 0 Å². The number of amides is 1. The average molecular weight is 500 g/mol. The maximum atomic E-state index is 14.4. The second-order valence-corrected chi connectivity index (χ2v) is 9.75. The van der Waals surface area contributed by atoms with Gasteiger partial charge in [-0.15, -0.1) is 11.8 Å². The molecular weight excluding hydrogens is 476 g/mol. The molecule has 4 nitrogen and oxygen atoms in total. The average Bonchev–Trinajstić information content (AvgIpc) is 2.63. The molecule has 1 N–H and O–H groups in total. The number of benzene rings is 2. The van der Waals surface area contributed by atoms with E-state index < -0.39 is 28.4 Å². The lowest BCUT2D eigenvalue weighted by Crippen LogP contribution is -2.30. The summed E-state index contributed by atoms with van der Waals surface area (Å²) in [6.07, 6.45) is 1.34. The van der Waals surface area contributed by atoms with E-state index in [2.05, 4.69) is 21.2 Å². The first-order valence-electron chi connectivity index (χ1n) is 9.45. The van der Waals surface area contributed by atoms with Crippen molar-refractivity contribution in [1.82, 2.24) is 0 Å². The minimum absolute atomic E-state index is 0.0607. The van der Waals surface area contributed by atoms with Crippen molar-refractivity contribution in [1.29, 1.82) is 0 Å². The predicted molar refractivity (Wildman–Crippen MR) is 119 cm³/mol. The van der Waals surface area contributed by atoms with Crippen LogP contribution in [0.1, 0.15) is 50.9 Å². The molecule has 1 amide bonds. The topological polar surface area (TPSA) is 55.4 Å². The Morgan fingerprint density at radius 1 is 1.20 bits per heavy atom. The van der Waals surface area contributed by atoms with Gasteiger partial charge in [-0.25, -0.2) is 8.78 Å². The Labute approximate surface area is 187 Å². The summed E-state index contributed by atoms with van der Waals surface area (Å²) >= 11 is 4.55. The Morgan fingerprint density at radius 2 is 1.90 bits per heavy atom. The zero-order valence-electron chi connectivity index (χ0n) is 17.2. The van der Waals surface area contributed by atoms with Crippen LogP contribution in [-0.2, 0) is 9.53 Å². The number of hydrogen-bond acceptors (Lipinski definition) is 4. The fraction of sp³-hybridized carbons (Fsp3) is 0.364. The highest BCUT2D eigenvalue weighted by molar-refractivity contribution is 9.10. The molecule has 0 saturated heterocycles. The Bertz CT molecular complexity index is 931. The van der Waals surface area contributed by atoms with E-state index >= 15 is 0 Å². The van der Waals surface area contributed by atoms with Crippen LogP contribution in [0.2, 0.25) is 0 Å². The zero-order chi connectivity index (χ0) is 22.5. The zero-order valence-corrected chi connectivity index (χ0v) is 19.6. The summed E-state index contributed by atoms with van der Waals surface area (Å²) in [5, 5.41) is 1.98. The normalized spacial score (nSPS) is 12.4. The molecule has 0 bridgehead atoms. The number of rotatable bonds is 7. The van der Waals surface area contributed by atoms with Gasteiger partial charge in [0.15, 0.2) is 0 Å². The smallest absolute Gasteiger partial charge is 0.319 e. The van der Waals surface area contributed by atoms with Gasteiger partial charge in [0.2, 0.25) is 0 Å². The minimum Gasteiger partial charge on any atom is -0.459 e. The summed E-state index contributed by atoms with van der Waals surface area (Å²) in [4.78, 5) is 25.5. The second-order valence-electron chi connectivity index (χ2n) is 7.66. The van der Waals surface area contributed by atoms with Crippen molar-refractivity contribution in [3.8, 4) is 0 Å². The summed E-state index contributed by atoms with van der Waals surface area (Å²) < 4.78 is 33.8. The quantitative estimate of drug-likeness (QED) is 0.345. The molecule has 0 fully saturated rings. The maximum Gasteiger partial charge on any atom is 0.319 e. The number of hydrogen-bond donors (Lipinski definition) is 1. The molecule has 0 aromatic heterocycles. The monoisotopic (exact) mass is 499 g/mol. The van der Waals surface area contributed by atoms with E-state index in [1.165, 1.54) is 42.1 Å². The maximum absolute atomic E-state index is 14.4. The van der Waals surface area contributed by atoms with E-state index in [4.69, 9.17) is 4.74 Å². The highest BCUT2D eigenvalue weighted by Crippen LogP contribution is 2.37. The van der Waals surface area contributed by atoms with Crippen molar-refractivity contribution in [3.63, 3.8) is 0 Å². The van der Waals surface area contributed by atoms with Crippen LogP contribution in [0, 0.1) is 11.6 Å². The molecule has 8 heteroatoms. The molecule has 30 heavy (non-hydrogen) atoms. The van der Waals surface area contributed by atoms with Crippen molar-refractivity contribution >= 4 is 45.3 Å². The number of carbonyl (C=O) groups excluding carboxylic acids is 2. The standard InChI is InChI=1S/C22H24BrF2NO3S/c1-5-7-18(21(28)29-22(2,3)4)30-19-12-17(16(25)11-15(19)23)26-20(27)13-8-6-9-14(24)10-13/h6,8-12,18H,5,7H2,1-4H3,(H,26,27). The van der Waals surface area contributed by atoms with Gasteiger partial charge in [0.25, 0.3) is 5.91 Å². The fourth-order valence-corrected chi connectivity index (χ4v) is 4.30. The van der Waals surface area contributed by atoms with Crippen molar-refractivity contribution in [2.45, 2.75) is 56.3 Å². The highest BCUT2D eigenvalue weighted by Gasteiger charge is 2.27. The first-order valence-corrected chi connectivity index (χ1v) is 11.1. The molecule has 1 atom stereocenters. The summed E-state index contributed by atoms with van der Waals surface area (Å²) in [6, 6.07) is 7.80. The predicted octanol–water partition coefficient (Wildman–Crippen LogP) is 6.58. The van der Waals surface area contributed by atoms with Gasteiger partial charge in [0, 0.05) is 14.9 Å². The van der Waals surface area contributed by atoms with E-state index in [-0.39, 0.29) is 17.2 Å². The molecule has 2 rings (SSSR count). The number of carbonyl (C=O) groups is 2. The lowest BCUT2D eigenvalue weighted by molar-refractivity contribution is -0.154. The van der Waals surface area contributed by atoms with Gasteiger partial charge in [-0.3, -0.25) is 9.59 Å². The molecule has 0 saturated carbocycles. The van der Waals surface area contributed by atoms with Gasteiger partial charge in [-0.1, -0.05) is 19.4 Å². The van der Waals surface area contributed by atoms with Crippen LogP contribution in [-0.4, -0.2) is 22.7 Å². The molecule has 0 aliphatic carbocycles. The van der Waals surface area contributed by atoms with Gasteiger partial charge >= 0.3 is 5.97 Å². The van der Waals surface area contributed by atoms with E-state index in [0.29, 0.717) is 15.8 Å². The Kier molecular flexibility index (Phi) is 8.43. The van der Waals surface area contributed by atoms with E-state index in [1.54, 1.807) is 20.8 Å². The molecule has 0 aliphatic heterocycles. The molecule has 2 aromatic rings. The largest absolute Gasteiger partial charge is 0.459 e.